The van der Waals surface area contributed by atoms with E-state index < -0.39 is 0 Å². The zero-order valence-corrected chi connectivity index (χ0v) is 12.5. The number of benzene rings is 1. The lowest BCUT2D eigenvalue weighted by atomic mass is 9.65. The van der Waals surface area contributed by atoms with Crippen LogP contribution in [-0.4, -0.2) is 5.11 Å². The van der Waals surface area contributed by atoms with Crippen molar-refractivity contribution in [3.05, 3.63) is 35.2 Å². The minimum absolute atomic E-state index is 0.251. The molecule has 2 aromatic rings. The maximum atomic E-state index is 10.9. The molecule has 2 atom stereocenters. The molecule has 2 unspecified atom stereocenters. The van der Waals surface area contributed by atoms with E-state index in [1.165, 1.54) is 29.3 Å². The lowest BCUT2D eigenvalue weighted by Gasteiger charge is -2.41. The molecule has 0 radical (unpaired) electrons. The molecule has 1 nitrogen and oxygen atoms in total. The summed E-state index contributed by atoms with van der Waals surface area (Å²) in [5, 5.41) is 14.3. The number of thiophene rings is 1. The van der Waals surface area contributed by atoms with E-state index in [0.29, 0.717) is 5.92 Å². The minimum atomic E-state index is -0.313. The molecule has 1 saturated carbocycles. The third-order valence-corrected chi connectivity index (χ3v) is 5.78. The molecule has 0 aliphatic heterocycles. The predicted octanol–water partition coefficient (Wildman–Crippen LogP) is 5.15. The number of hydrogen-bond acceptors (Lipinski definition) is 2. The summed E-state index contributed by atoms with van der Waals surface area (Å²) in [5.41, 5.74) is 1.39. The summed E-state index contributed by atoms with van der Waals surface area (Å²) in [6, 6.07) is 8.42. The number of aliphatic hydroxyl groups is 1. The Balaban J connectivity index is 1.97. The molecule has 1 N–H and O–H groups in total. The van der Waals surface area contributed by atoms with Crippen LogP contribution in [0.15, 0.2) is 29.6 Å². The predicted molar refractivity (Wildman–Crippen MR) is 82.5 cm³/mol. The molecule has 0 saturated heterocycles. The van der Waals surface area contributed by atoms with E-state index in [2.05, 4.69) is 43.5 Å². The Morgan fingerprint density at radius 1 is 1.26 bits per heavy atom. The second-order valence-electron chi connectivity index (χ2n) is 6.47. The van der Waals surface area contributed by atoms with Crippen LogP contribution in [0.5, 0.6) is 0 Å². The van der Waals surface area contributed by atoms with E-state index in [-0.39, 0.29) is 11.5 Å². The van der Waals surface area contributed by atoms with Crippen LogP contribution < -0.4 is 0 Å². The molecule has 1 aromatic carbocycles. The Bertz CT molecular complexity index is 569. The Kier molecular flexibility index (Phi) is 3.40. The first kappa shape index (κ1) is 13.1. The van der Waals surface area contributed by atoms with Crippen LogP contribution in [0.4, 0.5) is 0 Å². The topological polar surface area (TPSA) is 20.2 Å². The average molecular weight is 274 g/mol. The summed E-state index contributed by atoms with van der Waals surface area (Å²) in [4.78, 5) is 0. The van der Waals surface area contributed by atoms with Crippen LogP contribution in [0.3, 0.4) is 0 Å². The van der Waals surface area contributed by atoms with Gasteiger partial charge in [-0.05, 0) is 46.6 Å². The highest BCUT2D eigenvalue weighted by Gasteiger charge is 2.38. The summed E-state index contributed by atoms with van der Waals surface area (Å²) in [6.45, 7) is 4.63. The number of aliphatic hydroxyl groups excluding tert-OH is 1. The van der Waals surface area contributed by atoms with Crippen LogP contribution >= 0.6 is 11.3 Å². The molecule has 0 amide bonds. The Morgan fingerprint density at radius 3 is 2.84 bits per heavy atom. The van der Waals surface area contributed by atoms with Crippen molar-refractivity contribution in [2.75, 3.05) is 0 Å². The zero-order valence-electron chi connectivity index (χ0n) is 11.7. The molecular weight excluding hydrogens is 252 g/mol. The molecule has 0 bridgehead atoms. The molecule has 1 fully saturated rings. The smallest absolute Gasteiger partial charge is 0.0837 e. The molecule has 1 aromatic heterocycles. The monoisotopic (exact) mass is 274 g/mol. The summed E-state index contributed by atoms with van der Waals surface area (Å²) in [6.07, 6.45) is 4.63. The molecule has 3 rings (SSSR count). The van der Waals surface area contributed by atoms with Gasteiger partial charge in [0.2, 0.25) is 0 Å². The molecule has 19 heavy (non-hydrogen) atoms. The van der Waals surface area contributed by atoms with Gasteiger partial charge < -0.3 is 5.11 Å². The zero-order chi connectivity index (χ0) is 13.5. The van der Waals surface area contributed by atoms with E-state index in [1.807, 2.05) is 0 Å². The summed E-state index contributed by atoms with van der Waals surface area (Å²) >= 11 is 1.75. The number of rotatable bonds is 2. The summed E-state index contributed by atoms with van der Waals surface area (Å²) in [5.74, 6) is 0.388. The van der Waals surface area contributed by atoms with Crippen LogP contribution in [0, 0.1) is 11.3 Å². The normalized spacial score (nSPS) is 24.5. The van der Waals surface area contributed by atoms with Gasteiger partial charge in [-0.25, -0.2) is 0 Å². The van der Waals surface area contributed by atoms with E-state index in [9.17, 15) is 5.11 Å². The van der Waals surface area contributed by atoms with Crippen LogP contribution in [0.2, 0.25) is 0 Å². The average Bonchev–Trinajstić information content (AvgIpc) is 2.81. The van der Waals surface area contributed by atoms with Gasteiger partial charge in [0.25, 0.3) is 0 Å². The van der Waals surface area contributed by atoms with Crippen LogP contribution in [0.1, 0.15) is 51.2 Å². The quantitative estimate of drug-likeness (QED) is 0.803. The van der Waals surface area contributed by atoms with Crippen molar-refractivity contribution in [3.63, 3.8) is 0 Å². The lowest BCUT2D eigenvalue weighted by Crippen LogP contribution is -2.32. The van der Waals surface area contributed by atoms with Gasteiger partial charge in [-0.15, -0.1) is 11.3 Å². The molecule has 102 valence electrons. The summed E-state index contributed by atoms with van der Waals surface area (Å²) in [7, 11) is 0. The van der Waals surface area contributed by atoms with Gasteiger partial charge in [0, 0.05) is 4.70 Å². The second-order valence-corrected chi connectivity index (χ2v) is 7.38. The highest BCUT2D eigenvalue weighted by atomic mass is 32.1. The largest absolute Gasteiger partial charge is 0.388 e. The fraction of sp³-hybridized carbons (Fsp3) is 0.529. The van der Waals surface area contributed by atoms with Crippen LogP contribution in [0.25, 0.3) is 10.1 Å². The van der Waals surface area contributed by atoms with Crippen molar-refractivity contribution in [3.8, 4) is 0 Å². The highest BCUT2D eigenvalue weighted by Crippen LogP contribution is 2.48. The van der Waals surface area contributed by atoms with Gasteiger partial charge in [0.1, 0.15) is 0 Å². The van der Waals surface area contributed by atoms with Crippen molar-refractivity contribution < 1.29 is 5.11 Å². The fourth-order valence-corrected chi connectivity index (χ4v) is 4.54. The molecule has 1 aliphatic rings. The standard InChI is InChI=1S/C17H22OS/c1-17(2)10-6-5-8-14(17)16(18)13-11-19-15-9-4-3-7-12(13)15/h3-4,7,9,11,14,16,18H,5-6,8,10H2,1-2H3. The van der Waals surface area contributed by atoms with E-state index in [0.717, 1.165) is 12.0 Å². The van der Waals surface area contributed by atoms with Crippen molar-refractivity contribution in [1.82, 2.24) is 0 Å². The van der Waals surface area contributed by atoms with E-state index in [4.69, 9.17) is 0 Å². The lowest BCUT2D eigenvalue weighted by molar-refractivity contribution is 0.00486. The van der Waals surface area contributed by atoms with Gasteiger partial charge >= 0.3 is 0 Å². The first-order chi connectivity index (χ1) is 9.09. The first-order valence-corrected chi connectivity index (χ1v) is 8.12. The van der Waals surface area contributed by atoms with Crippen LogP contribution in [-0.2, 0) is 0 Å². The minimum Gasteiger partial charge on any atom is -0.388 e. The van der Waals surface area contributed by atoms with Crippen molar-refractivity contribution >= 4 is 21.4 Å². The van der Waals surface area contributed by atoms with Gasteiger partial charge in [0.15, 0.2) is 0 Å². The fourth-order valence-electron chi connectivity index (χ4n) is 3.55. The number of fused-ring (bicyclic) bond motifs is 1. The first-order valence-electron chi connectivity index (χ1n) is 7.24. The summed E-state index contributed by atoms with van der Waals surface area (Å²) < 4.78 is 1.28. The second kappa shape index (κ2) is 4.92. The maximum Gasteiger partial charge on any atom is 0.0837 e. The van der Waals surface area contributed by atoms with Crippen molar-refractivity contribution in [2.24, 2.45) is 11.3 Å². The third kappa shape index (κ3) is 2.32. The highest BCUT2D eigenvalue weighted by molar-refractivity contribution is 7.17. The van der Waals surface area contributed by atoms with Crippen molar-refractivity contribution in [1.29, 1.82) is 0 Å². The molecule has 0 spiro atoms. The van der Waals surface area contributed by atoms with Crippen molar-refractivity contribution in [2.45, 2.75) is 45.6 Å². The Labute approximate surface area is 119 Å². The number of hydrogen-bond donors (Lipinski definition) is 1. The molecule has 1 aliphatic carbocycles. The van der Waals surface area contributed by atoms with E-state index >= 15 is 0 Å². The Morgan fingerprint density at radius 2 is 2.05 bits per heavy atom. The Hall–Kier alpha value is -0.860. The SMILES string of the molecule is CC1(C)CCCCC1C(O)c1csc2ccccc12. The molecule has 1 heterocycles. The van der Waals surface area contributed by atoms with E-state index in [1.54, 1.807) is 11.3 Å². The third-order valence-electron chi connectivity index (χ3n) is 4.80. The molecular formula is C17H22OS. The van der Waals surface area contributed by atoms with Gasteiger partial charge in [-0.1, -0.05) is 44.9 Å². The van der Waals surface area contributed by atoms with Gasteiger partial charge in [-0.3, -0.25) is 0 Å². The van der Waals surface area contributed by atoms with Gasteiger partial charge in [0.05, 0.1) is 6.10 Å². The van der Waals surface area contributed by atoms with Gasteiger partial charge in [-0.2, -0.15) is 0 Å². The maximum absolute atomic E-state index is 10.9. The molecule has 2 heteroatoms.